The standard InChI is InChI=1S/C21H27F2N3O2/c1-25-9-2-3-16(25)6-12-28-17-4-5-18-15(13-17)14-19(24-18)20(27)26-10-7-21(22,23)8-11-26/h4-5,13-14,16,24H,2-3,6-12H2,1H3. The molecular formula is C21H27F2N3O2. The van der Waals surface area contributed by atoms with Gasteiger partial charge in [0.1, 0.15) is 11.4 Å². The van der Waals surface area contributed by atoms with Gasteiger partial charge in [0.05, 0.1) is 6.61 Å². The van der Waals surface area contributed by atoms with Gasteiger partial charge in [-0.3, -0.25) is 4.79 Å². The largest absolute Gasteiger partial charge is 0.494 e. The highest BCUT2D eigenvalue weighted by atomic mass is 19.3. The fraction of sp³-hybridized carbons (Fsp3) is 0.571. The van der Waals surface area contributed by atoms with Crippen molar-refractivity contribution in [3.8, 4) is 5.75 Å². The van der Waals surface area contributed by atoms with E-state index in [0.29, 0.717) is 18.3 Å². The van der Waals surface area contributed by atoms with Crippen molar-refractivity contribution in [1.82, 2.24) is 14.8 Å². The van der Waals surface area contributed by atoms with Gasteiger partial charge in [0, 0.05) is 42.9 Å². The molecule has 1 aromatic heterocycles. The average Bonchev–Trinajstić information content (AvgIpc) is 3.27. The van der Waals surface area contributed by atoms with Crippen molar-refractivity contribution in [2.45, 2.75) is 44.1 Å². The van der Waals surface area contributed by atoms with Crippen molar-refractivity contribution in [3.63, 3.8) is 0 Å². The molecule has 1 N–H and O–H groups in total. The van der Waals surface area contributed by atoms with Crippen molar-refractivity contribution in [2.75, 3.05) is 33.3 Å². The molecule has 2 aromatic rings. The summed E-state index contributed by atoms with van der Waals surface area (Å²) in [5.41, 5.74) is 1.28. The van der Waals surface area contributed by atoms with E-state index < -0.39 is 5.92 Å². The molecule has 3 heterocycles. The summed E-state index contributed by atoms with van der Waals surface area (Å²) in [5.74, 6) is -2.10. The quantitative estimate of drug-likeness (QED) is 0.841. The number of carbonyl (C=O) groups is 1. The molecule has 1 unspecified atom stereocenters. The first kappa shape index (κ1) is 19.2. The lowest BCUT2D eigenvalue weighted by atomic mass is 10.1. The number of piperidine rings is 1. The number of nitrogens with zero attached hydrogens (tertiary/aromatic N) is 2. The Balaban J connectivity index is 1.38. The average molecular weight is 391 g/mol. The van der Waals surface area contributed by atoms with Crippen LogP contribution in [0.5, 0.6) is 5.75 Å². The van der Waals surface area contributed by atoms with Crippen LogP contribution in [0, 0.1) is 0 Å². The number of halogens is 2. The predicted molar refractivity (Wildman–Crippen MR) is 104 cm³/mol. The number of H-pyrrole nitrogens is 1. The van der Waals surface area contributed by atoms with E-state index in [4.69, 9.17) is 4.74 Å². The third-order valence-electron chi connectivity index (χ3n) is 6.00. The highest BCUT2D eigenvalue weighted by Crippen LogP contribution is 2.29. The van der Waals surface area contributed by atoms with Crippen molar-refractivity contribution in [2.24, 2.45) is 0 Å². The van der Waals surface area contributed by atoms with Crippen LogP contribution in [0.4, 0.5) is 8.78 Å². The van der Waals surface area contributed by atoms with Crippen LogP contribution in [-0.2, 0) is 0 Å². The molecule has 0 saturated carbocycles. The first-order chi connectivity index (χ1) is 13.4. The third kappa shape index (κ3) is 4.14. The number of aromatic amines is 1. The Kier molecular flexibility index (Phi) is 5.27. The lowest BCUT2D eigenvalue weighted by Gasteiger charge is -2.31. The van der Waals surface area contributed by atoms with Crippen molar-refractivity contribution in [1.29, 1.82) is 0 Å². The fourth-order valence-electron chi connectivity index (χ4n) is 4.18. The van der Waals surface area contributed by atoms with Gasteiger partial charge in [0.25, 0.3) is 11.8 Å². The molecule has 2 aliphatic heterocycles. The molecule has 1 atom stereocenters. The molecule has 0 aliphatic carbocycles. The molecule has 5 nitrogen and oxygen atoms in total. The van der Waals surface area contributed by atoms with Crippen LogP contribution in [0.25, 0.3) is 10.9 Å². The number of amides is 1. The van der Waals surface area contributed by atoms with Crippen LogP contribution in [0.1, 0.15) is 42.6 Å². The van der Waals surface area contributed by atoms with Crippen LogP contribution in [0.2, 0.25) is 0 Å². The zero-order valence-corrected chi connectivity index (χ0v) is 16.2. The number of aromatic nitrogens is 1. The molecule has 0 bridgehead atoms. The van der Waals surface area contributed by atoms with Gasteiger partial charge >= 0.3 is 0 Å². The Morgan fingerprint density at radius 1 is 1.25 bits per heavy atom. The molecule has 0 radical (unpaired) electrons. The normalized spacial score (nSPS) is 22.7. The molecule has 4 rings (SSSR count). The first-order valence-corrected chi connectivity index (χ1v) is 10.0. The SMILES string of the molecule is CN1CCCC1CCOc1ccc2[nH]c(C(=O)N3CCC(F)(F)CC3)cc2c1. The van der Waals surface area contributed by atoms with E-state index in [2.05, 4.69) is 16.9 Å². The summed E-state index contributed by atoms with van der Waals surface area (Å²) in [6.07, 6.45) is 2.94. The second kappa shape index (κ2) is 7.70. The Morgan fingerprint density at radius 2 is 2.04 bits per heavy atom. The van der Waals surface area contributed by atoms with Gasteiger partial charge < -0.3 is 19.5 Å². The van der Waals surface area contributed by atoms with Gasteiger partial charge in [0.2, 0.25) is 0 Å². The minimum atomic E-state index is -2.66. The highest BCUT2D eigenvalue weighted by Gasteiger charge is 2.36. The van der Waals surface area contributed by atoms with E-state index in [0.717, 1.165) is 29.6 Å². The Hall–Kier alpha value is -2.15. The van der Waals surface area contributed by atoms with E-state index in [1.807, 2.05) is 18.2 Å². The van der Waals surface area contributed by atoms with Crippen LogP contribution in [0.15, 0.2) is 24.3 Å². The monoisotopic (exact) mass is 391 g/mol. The molecular weight excluding hydrogens is 364 g/mol. The van der Waals surface area contributed by atoms with Gasteiger partial charge in [-0.05, 0) is 57.1 Å². The molecule has 2 aliphatic rings. The summed E-state index contributed by atoms with van der Waals surface area (Å²) >= 11 is 0. The lowest BCUT2D eigenvalue weighted by molar-refractivity contribution is -0.0495. The van der Waals surface area contributed by atoms with Gasteiger partial charge in [-0.15, -0.1) is 0 Å². The summed E-state index contributed by atoms with van der Waals surface area (Å²) in [7, 11) is 2.16. The molecule has 0 spiro atoms. The minimum absolute atomic E-state index is 0.0885. The van der Waals surface area contributed by atoms with E-state index in [1.54, 1.807) is 6.07 Å². The van der Waals surface area contributed by atoms with Crippen molar-refractivity contribution in [3.05, 3.63) is 30.0 Å². The maximum absolute atomic E-state index is 13.3. The second-order valence-electron chi connectivity index (χ2n) is 7.99. The van der Waals surface area contributed by atoms with E-state index in [-0.39, 0.29) is 31.8 Å². The Labute approximate surface area is 163 Å². The summed E-state index contributed by atoms with van der Waals surface area (Å²) in [5, 5.41) is 0.890. The Morgan fingerprint density at radius 3 is 2.75 bits per heavy atom. The third-order valence-corrected chi connectivity index (χ3v) is 6.00. The van der Waals surface area contributed by atoms with Crippen molar-refractivity contribution >= 4 is 16.8 Å². The zero-order valence-electron chi connectivity index (χ0n) is 16.2. The van der Waals surface area contributed by atoms with E-state index in [1.165, 1.54) is 17.7 Å². The number of ether oxygens (including phenoxy) is 1. The number of benzene rings is 1. The topological polar surface area (TPSA) is 48.6 Å². The van der Waals surface area contributed by atoms with Crippen molar-refractivity contribution < 1.29 is 18.3 Å². The summed E-state index contributed by atoms with van der Waals surface area (Å²) < 4.78 is 32.5. The highest BCUT2D eigenvalue weighted by molar-refractivity contribution is 5.98. The molecule has 7 heteroatoms. The Bertz CT molecular complexity index is 841. The minimum Gasteiger partial charge on any atom is -0.494 e. The van der Waals surface area contributed by atoms with Crippen LogP contribution >= 0.6 is 0 Å². The summed E-state index contributed by atoms with van der Waals surface area (Å²) in [4.78, 5) is 19.6. The first-order valence-electron chi connectivity index (χ1n) is 10.0. The number of hydrogen-bond donors (Lipinski definition) is 1. The molecule has 152 valence electrons. The number of hydrogen-bond acceptors (Lipinski definition) is 3. The number of likely N-dealkylation sites (tertiary alicyclic amines) is 2. The molecule has 2 fully saturated rings. The zero-order chi connectivity index (χ0) is 19.7. The van der Waals surface area contributed by atoms with E-state index >= 15 is 0 Å². The maximum atomic E-state index is 13.3. The van der Waals surface area contributed by atoms with E-state index in [9.17, 15) is 13.6 Å². The molecule has 2 saturated heterocycles. The van der Waals surface area contributed by atoms with Crippen LogP contribution < -0.4 is 4.74 Å². The number of nitrogens with one attached hydrogen (secondary N) is 1. The smallest absolute Gasteiger partial charge is 0.270 e. The van der Waals surface area contributed by atoms with Crippen LogP contribution in [-0.4, -0.2) is 65.9 Å². The second-order valence-corrected chi connectivity index (χ2v) is 7.99. The number of rotatable bonds is 5. The van der Waals surface area contributed by atoms with Gasteiger partial charge in [-0.1, -0.05) is 0 Å². The fourth-order valence-corrected chi connectivity index (χ4v) is 4.18. The predicted octanol–water partition coefficient (Wildman–Crippen LogP) is 3.90. The summed E-state index contributed by atoms with van der Waals surface area (Å²) in [6, 6.07) is 8.09. The van der Waals surface area contributed by atoms with Gasteiger partial charge in [-0.25, -0.2) is 8.78 Å². The van der Waals surface area contributed by atoms with Gasteiger partial charge in [0.15, 0.2) is 0 Å². The maximum Gasteiger partial charge on any atom is 0.270 e. The summed E-state index contributed by atoms with van der Waals surface area (Å²) in [6.45, 7) is 2.00. The number of carbonyl (C=O) groups excluding carboxylic acids is 1. The molecule has 28 heavy (non-hydrogen) atoms. The molecule has 1 aromatic carbocycles. The number of alkyl halides is 2. The van der Waals surface area contributed by atoms with Gasteiger partial charge in [-0.2, -0.15) is 0 Å². The lowest BCUT2D eigenvalue weighted by Crippen LogP contribution is -2.42. The number of fused-ring (bicyclic) bond motifs is 1. The molecule has 1 amide bonds. The van der Waals surface area contributed by atoms with Crippen LogP contribution in [0.3, 0.4) is 0 Å².